The van der Waals surface area contributed by atoms with Gasteiger partial charge >= 0.3 is 5.97 Å². The average molecular weight is 377 g/mol. The lowest BCUT2D eigenvalue weighted by molar-refractivity contribution is -0.00520. The van der Waals surface area contributed by atoms with E-state index in [-0.39, 0.29) is 5.97 Å². The van der Waals surface area contributed by atoms with E-state index in [2.05, 4.69) is 29.2 Å². The maximum Gasteiger partial charge on any atom is 0.339 e. The number of rotatable bonds is 5. The topological polar surface area (TPSA) is 48.4 Å². The summed E-state index contributed by atoms with van der Waals surface area (Å²) in [7, 11) is 0. The van der Waals surface area contributed by atoms with Gasteiger partial charge in [-0.2, -0.15) is 0 Å². The normalized spacial score (nSPS) is 30.2. The molecule has 4 heteroatoms. The van der Waals surface area contributed by atoms with Crippen molar-refractivity contribution in [2.45, 2.75) is 50.9 Å². The number of esters is 1. The number of carbonyl (C=O) groups excluding carboxylic acids is 1. The zero-order chi connectivity index (χ0) is 19.1. The number of hydrogen-bond acceptors (Lipinski definition) is 4. The van der Waals surface area contributed by atoms with E-state index < -0.39 is 0 Å². The predicted molar refractivity (Wildman–Crippen MR) is 107 cm³/mol. The minimum Gasteiger partial charge on any atom is -0.462 e. The molecule has 4 aliphatic carbocycles. The van der Waals surface area contributed by atoms with E-state index in [0.717, 1.165) is 23.5 Å². The fourth-order valence-electron chi connectivity index (χ4n) is 6.24. The van der Waals surface area contributed by atoms with Gasteiger partial charge < -0.3 is 9.47 Å². The van der Waals surface area contributed by atoms with E-state index in [4.69, 9.17) is 9.47 Å². The van der Waals surface area contributed by atoms with Crippen molar-refractivity contribution in [2.75, 3.05) is 6.61 Å². The molecular formula is C24H27NO3. The third-order valence-corrected chi connectivity index (χ3v) is 6.97. The van der Waals surface area contributed by atoms with E-state index in [9.17, 15) is 4.79 Å². The van der Waals surface area contributed by atoms with Crippen molar-refractivity contribution < 1.29 is 14.3 Å². The van der Waals surface area contributed by atoms with Crippen molar-refractivity contribution in [1.29, 1.82) is 0 Å². The zero-order valence-corrected chi connectivity index (χ0v) is 16.4. The first-order valence-corrected chi connectivity index (χ1v) is 10.5. The molecular weight excluding hydrogens is 350 g/mol. The van der Waals surface area contributed by atoms with Crippen LogP contribution in [0.15, 0.2) is 42.6 Å². The molecule has 0 N–H and O–H groups in total. The molecule has 4 fully saturated rings. The number of pyridine rings is 1. The number of benzene rings is 1. The molecule has 0 amide bonds. The summed E-state index contributed by atoms with van der Waals surface area (Å²) in [4.78, 5) is 15.9. The molecule has 0 atom stereocenters. The molecule has 6 rings (SSSR count). The van der Waals surface area contributed by atoms with Crippen molar-refractivity contribution in [1.82, 2.24) is 4.98 Å². The van der Waals surface area contributed by atoms with Crippen LogP contribution in [-0.4, -0.2) is 17.6 Å². The summed E-state index contributed by atoms with van der Waals surface area (Å²) in [5.74, 6) is 3.75. The molecule has 4 aliphatic rings. The Balaban J connectivity index is 1.29. The van der Waals surface area contributed by atoms with Gasteiger partial charge in [-0.3, -0.25) is 0 Å². The van der Waals surface area contributed by atoms with Gasteiger partial charge in [0.2, 0.25) is 5.88 Å². The number of ether oxygens (including phenoxy) is 2. The Morgan fingerprint density at radius 1 is 1.00 bits per heavy atom. The van der Waals surface area contributed by atoms with Crippen LogP contribution in [0.3, 0.4) is 0 Å². The molecule has 0 saturated heterocycles. The molecule has 4 nitrogen and oxygen atoms in total. The molecule has 28 heavy (non-hydrogen) atoms. The Hall–Kier alpha value is -2.36. The van der Waals surface area contributed by atoms with E-state index in [1.54, 1.807) is 19.1 Å². The summed E-state index contributed by atoms with van der Waals surface area (Å²) in [6.45, 7) is 2.14. The Morgan fingerprint density at radius 2 is 1.64 bits per heavy atom. The van der Waals surface area contributed by atoms with Crippen LogP contribution in [0.2, 0.25) is 0 Å². The van der Waals surface area contributed by atoms with E-state index in [1.165, 1.54) is 50.3 Å². The SMILES string of the molecule is CCOC(=O)c1ccc(Oc2ccc(C34CC5CC(CC(C5)C3)C4)cc2)nc1. The van der Waals surface area contributed by atoms with Gasteiger partial charge in [0.1, 0.15) is 5.75 Å². The first kappa shape index (κ1) is 17.7. The Kier molecular flexibility index (Phi) is 4.37. The molecule has 4 saturated carbocycles. The second-order valence-electron chi connectivity index (χ2n) is 8.93. The van der Waals surface area contributed by atoms with Gasteiger partial charge in [-0.05, 0) is 92.4 Å². The van der Waals surface area contributed by atoms with Crippen molar-refractivity contribution in [3.63, 3.8) is 0 Å². The van der Waals surface area contributed by atoms with Crippen LogP contribution in [0.4, 0.5) is 0 Å². The molecule has 1 heterocycles. The van der Waals surface area contributed by atoms with Gasteiger partial charge in [-0.25, -0.2) is 9.78 Å². The molecule has 1 aromatic heterocycles. The summed E-state index contributed by atoms with van der Waals surface area (Å²) in [6, 6.07) is 12.0. The van der Waals surface area contributed by atoms with Crippen LogP contribution in [0, 0.1) is 17.8 Å². The van der Waals surface area contributed by atoms with Gasteiger partial charge in [0.05, 0.1) is 12.2 Å². The maximum atomic E-state index is 11.7. The lowest BCUT2D eigenvalue weighted by Gasteiger charge is -2.57. The minimum absolute atomic E-state index is 0.354. The molecule has 4 bridgehead atoms. The molecule has 2 aromatic rings. The van der Waals surface area contributed by atoms with Gasteiger partial charge in [0.15, 0.2) is 0 Å². The first-order valence-electron chi connectivity index (χ1n) is 10.5. The zero-order valence-electron chi connectivity index (χ0n) is 16.4. The third-order valence-electron chi connectivity index (χ3n) is 6.97. The summed E-state index contributed by atoms with van der Waals surface area (Å²) in [6.07, 6.45) is 10.0. The van der Waals surface area contributed by atoms with Crippen LogP contribution in [0.5, 0.6) is 11.6 Å². The smallest absolute Gasteiger partial charge is 0.339 e. The standard InChI is InChI=1S/C24H27NO3/c1-2-27-23(26)19-3-8-22(25-15-19)28-21-6-4-20(5-7-21)24-12-16-9-17(13-24)11-18(10-16)14-24/h3-8,15-18H,2,9-14H2,1H3. The molecule has 0 radical (unpaired) electrons. The van der Waals surface area contributed by atoms with Crippen LogP contribution >= 0.6 is 0 Å². The van der Waals surface area contributed by atoms with Crippen molar-refractivity contribution in [3.05, 3.63) is 53.7 Å². The molecule has 0 spiro atoms. The second kappa shape index (κ2) is 6.91. The van der Waals surface area contributed by atoms with Crippen molar-refractivity contribution in [2.24, 2.45) is 17.8 Å². The van der Waals surface area contributed by atoms with Gasteiger partial charge in [0, 0.05) is 12.3 Å². The summed E-state index contributed by atoms with van der Waals surface area (Å²) in [5, 5.41) is 0. The number of carbonyl (C=O) groups is 1. The van der Waals surface area contributed by atoms with Gasteiger partial charge in [-0.1, -0.05) is 12.1 Å². The second-order valence-corrected chi connectivity index (χ2v) is 8.93. The van der Waals surface area contributed by atoms with Crippen LogP contribution in [-0.2, 0) is 10.2 Å². The average Bonchev–Trinajstić information content (AvgIpc) is 2.68. The molecule has 146 valence electrons. The highest BCUT2D eigenvalue weighted by Gasteiger charge is 2.51. The molecule has 0 unspecified atom stereocenters. The van der Waals surface area contributed by atoms with Gasteiger partial charge in [-0.15, -0.1) is 0 Å². The fraction of sp³-hybridized carbons (Fsp3) is 0.500. The van der Waals surface area contributed by atoms with Crippen molar-refractivity contribution in [3.8, 4) is 11.6 Å². The molecule has 0 aliphatic heterocycles. The van der Waals surface area contributed by atoms with E-state index in [1.807, 2.05) is 0 Å². The Labute approximate surface area is 166 Å². The Morgan fingerprint density at radius 3 is 2.18 bits per heavy atom. The van der Waals surface area contributed by atoms with Crippen molar-refractivity contribution >= 4 is 5.97 Å². The minimum atomic E-state index is -0.360. The summed E-state index contributed by atoms with van der Waals surface area (Å²) >= 11 is 0. The summed E-state index contributed by atoms with van der Waals surface area (Å²) in [5.41, 5.74) is 2.34. The molecule has 1 aromatic carbocycles. The number of hydrogen-bond donors (Lipinski definition) is 0. The highest BCUT2D eigenvalue weighted by atomic mass is 16.5. The maximum absolute atomic E-state index is 11.7. The quantitative estimate of drug-likeness (QED) is 0.644. The monoisotopic (exact) mass is 377 g/mol. The first-order chi connectivity index (χ1) is 13.6. The summed E-state index contributed by atoms with van der Waals surface area (Å²) < 4.78 is 10.9. The number of aromatic nitrogens is 1. The lowest BCUT2D eigenvalue weighted by Crippen LogP contribution is -2.48. The Bertz CT molecular complexity index is 821. The van der Waals surface area contributed by atoms with E-state index >= 15 is 0 Å². The third kappa shape index (κ3) is 3.19. The largest absolute Gasteiger partial charge is 0.462 e. The van der Waals surface area contributed by atoms with Crippen LogP contribution in [0.1, 0.15) is 61.4 Å². The fourth-order valence-corrected chi connectivity index (χ4v) is 6.24. The van der Waals surface area contributed by atoms with E-state index in [0.29, 0.717) is 23.5 Å². The number of nitrogens with zero attached hydrogens (tertiary/aromatic N) is 1. The highest BCUT2D eigenvalue weighted by Crippen LogP contribution is 2.60. The predicted octanol–water partition coefficient (Wildman–Crippen LogP) is 5.52. The van der Waals surface area contributed by atoms with Crippen LogP contribution in [0.25, 0.3) is 0 Å². The van der Waals surface area contributed by atoms with Gasteiger partial charge in [0.25, 0.3) is 0 Å². The highest BCUT2D eigenvalue weighted by molar-refractivity contribution is 5.89. The lowest BCUT2D eigenvalue weighted by atomic mass is 9.48. The van der Waals surface area contributed by atoms with Crippen LogP contribution < -0.4 is 4.74 Å².